The van der Waals surface area contributed by atoms with Crippen molar-refractivity contribution in [3.8, 4) is 5.75 Å². The minimum absolute atomic E-state index is 0.147. The molecule has 0 atom stereocenters. The third-order valence-electron chi connectivity index (χ3n) is 3.20. The average molecular weight is 234 g/mol. The Hall–Kier alpha value is -1.38. The van der Waals surface area contributed by atoms with Crippen LogP contribution in [0.5, 0.6) is 5.75 Å². The highest BCUT2D eigenvalue weighted by molar-refractivity contribution is 5.61. The summed E-state index contributed by atoms with van der Waals surface area (Å²) in [5.41, 5.74) is 8.16. The van der Waals surface area contributed by atoms with Crippen molar-refractivity contribution in [2.75, 3.05) is 17.6 Å². The quantitative estimate of drug-likeness (QED) is 0.769. The van der Waals surface area contributed by atoms with Crippen molar-refractivity contribution >= 4 is 11.4 Å². The van der Waals surface area contributed by atoms with Crippen LogP contribution in [0.4, 0.5) is 11.4 Å². The molecular formula is C14H22N2O. The van der Waals surface area contributed by atoms with E-state index in [0.29, 0.717) is 11.1 Å². The molecule has 0 heterocycles. The topological polar surface area (TPSA) is 47.3 Å². The summed E-state index contributed by atoms with van der Waals surface area (Å²) in [5.74, 6) is 0.769. The van der Waals surface area contributed by atoms with E-state index < -0.39 is 0 Å². The van der Waals surface area contributed by atoms with Crippen LogP contribution in [0.2, 0.25) is 0 Å². The number of nitrogen functional groups attached to an aromatic ring is 1. The third-order valence-corrected chi connectivity index (χ3v) is 3.20. The summed E-state index contributed by atoms with van der Waals surface area (Å²) in [5, 5.41) is 3.45. The molecule has 1 aliphatic rings. The second-order valence-electron chi connectivity index (χ2n) is 5.58. The minimum atomic E-state index is 0.147. The molecule has 3 nitrogen and oxygen atoms in total. The normalized spacial score (nSPS) is 16.9. The Bertz CT molecular complexity index is 397. The van der Waals surface area contributed by atoms with E-state index >= 15 is 0 Å². The van der Waals surface area contributed by atoms with Gasteiger partial charge in [0.15, 0.2) is 0 Å². The molecule has 0 radical (unpaired) electrons. The van der Waals surface area contributed by atoms with Crippen LogP contribution in [-0.4, -0.2) is 12.6 Å². The Balaban J connectivity index is 2.02. The van der Waals surface area contributed by atoms with Crippen molar-refractivity contribution in [1.29, 1.82) is 0 Å². The second-order valence-corrected chi connectivity index (χ2v) is 5.58. The van der Waals surface area contributed by atoms with Gasteiger partial charge in [0.2, 0.25) is 0 Å². The van der Waals surface area contributed by atoms with Gasteiger partial charge in [0, 0.05) is 18.3 Å². The molecule has 17 heavy (non-hydrogen) atoms. The number of ether oxygens (including phenoxy) is 1. The van der Waals surface area contributed by atoms with E-state index in [9.17, 15) is 0 Å². The number of rotatable bonds is 5. The van der Waals surface area contributed by atoms with Crippen LogP contribution in [0.3, 0.4) is 0 Å². The monoisotopic (exact) mass is 234 g/mol. The molecule has 3 N–H and O–H groups in total. The van der Waals surface area contributed by atoms with E-state index in [-0.39, 0.29) is 6.10 Å². The molecule has 0 amide bonds. The SMILES string of the molecule is CC(C)Oc1cc(NCC2(C)CC2)ccc1N. The maximum Gasteiger partial charge on any atom is 0.144 e. The van der Waals surface area contributed by atoms with Crippen LogP contribution in [0.15, 0.2) is 18.2 Å². The first-order chi connectivity index (χ1) is 7.98. The Kier molecular flexibility index (Phi) is 3.18. The molecule has 0 aromatic heterocycles. The van der Waals surface area contributed by atoms with Crippen molar-refractivity contribution < 1.29 is 4.74 Å². The lowest BCUT2D eigenvalue weighted by Crippen LogP contribution is -2.12. The highest BCUT2D eigenvalue weighted by Crippen LogP contribution is 2.44. The van der Waals surface area contributed by atoms with Crippen LogP contribution < -0.4 is 15.8 Å². The van der Waals surface area contributed by atoms with Crippen molar-refractivity contribution in [3.63, 3.8) is 0 Å². The van der Waals surface area contributed by atoms with Gasteiger partial charge in [0.25, 0.3) is 0 Å². The lowest BCUT2D eigenvalue weighted by atomic mass is 10.1. The fraction of sp³-hybridized carbons (Fsp3) is 0.571. The van der Waals surface area contributed by atoms with E-state index in [1.807, 2.05) is 32.0 Å². The Morgan fingerprint density at radius 1 is 1.41 bits per heavy atom. The zero-order chi connectivity index (χ0) is 12.5. The van der Waals surface area contributed by atoms with Crippen LogP contribution in [0.1, 0.15) is 33.6 Å². The second kappa shape index (κ2) is 4.47. The Labute approximate surface area is 103 Å². The number of benzene rings is 1. The number of anilines is 2. The lowest BCUT2D eigenvalue weighted by molar-refractivity contribution is 0.244. The van der Waals surface area contributed by atoms with Crippen LogP contribution >= 0.6 is 0 Å². The molecule has 1 aromatic carbocycles. The van der Waals surface area contributed by atoms with E-state index in [1.165, 1.54) is 12.8 Å². The lowest BCUT2D eigenvalue weighted by Gasteiger charge is -2.15. The summed E-state index contributed by atoms with van der Waals surface area (Å²) in [6.07, 6.45) is 2.79. The first kappa shape index (κ1) is 12.1. The molecule has 1 aromatic rings. The van der Waals surface area contributed by atoms with Crippen molar-refractivity contribution in [1.82, 2.24) is 0 Å². The summed E-state index contributed by atoms with van der Waals surface area (Å²) in [6, 6.07) is 5.89. The molecular weight excluding hydrogens is 212 g/mol. The zero-order valence-corrected chi connectivity index (χ0v) is 10.9. The van der Waals surface area contributed by atoms with E-state index in [4.69, 9.17) is 10.5 Å². The molecule has 1 aliphatic carbocycles. The molecule has 0 saturated heterocycles. The maximum absolute atomic E-state index is 5.88. The fourth-order valence-electron chi connectivity index (χ4n) is 1.71. The summed E-state index contributed by atoms with van der Waals surface area (Å²) in [4.78, 5) is 0. The predicted molar refractivity (Wildman–Crippen MR) is 72.4 cm³/mol. The zero-order valence-electron chi connectivity index (χ0n) is 10.9. The molecule has 0 spiro atoms. The molecule has 0 bridgehead atoms. The molecule has 1 saturated carbocycles. The Morgan fingerprint density at radius 2 is 2.12 bits per heavy atom. The van der Waals surface area contributed by atoms with E-state index in [1.54, 1.807) is 0 Å². The highest BCUT2D eigenvalue weighted by Gasteiger charge is 2.36. The molecule has 94 valence electrons. The summed E-state index contributed by atoms with van der Waals surface area (Å²) in [7, 11) is 0. The smallest absolute Gasteiger partial charge is 0.144 e. The molecule has 3 heteroatoms. The number of hydrogen-bond donors (Lipinski definition) is 2. The van der Waals surface area contributed by atoms with Gasteiger partial charge in [-0.2, -0.15) is 0 Å². The first-order valence-electron chi connectivity index (χ1n) is 6.29. The van der Waals surface area contributed by atoms with Gasteiger partial charge >= 0.3 is 0 Å². The number of nitrogens with one attached hydrogen (secondary N) is 1. The van der Waals surface area contributed by atoms with Gasteiger partial charge < -0.3 is 15.8 Å². The molecule has 0 unspecified atom stereocenters. The minimum Gasteiger partial charge on any atom is -0.489 e. The summed E-state index contributed by atoms with van der Waals surface area (Å²) in [6.45, 7) is 7.34. The van der Waals surface area contributed by atoms with Gasteiger partial charge in [0.05, 0.1) is 11.8 Å². The van der Waals surface area contributed by atoms with Gasteiger partial charge in [-0.05, 0) is 44.2 Å². The van der Waals surface area contributed by atoms with Gasteiger partial charge in [-0.3, -0.25) is 0 Å². The van der Waals surface area contributed by atoms with Gasteiger partial charge in [-0.1, -0.05) is 6.92 Å². The van der Waals surface area contributed by atoms with E-state index in [2.05, 4.69) is 12.2 Å². The van der Waals surface area contributed by atoms with Gasteiger partial charge in [0.1, 0.15) is 5.75 Å². The standard InChI is InChI=1S/C14H22N2O/c1-10(2)17-13-8-11(4-5-12(13)15)16-9-14(3)6-7-14/h4-5,8,10,16H,6-7,9,15H2,1-3H3. The van der Waals surface area contributed by atoms with Crippen LogP contribution in [0, 0.1) is 5.41 Å². The maximum atomic E-state index is 5.88. The summed E-state index contributed by atoms with van der Waals surface area (Å²) >= 11 is 0. The molecule has 1 fully saturated rings. The Morgan fingerprint density at radius 3 is 2.71 bits per heavy atom. The summed E-state index contributed by atoms with van der Waals surface area (Å²) < 4.78 is 5.67. The van der Waals surface area contributed by atoms with Crippen LogP contribution in [0.25, 0.3) is 0 Å². The van der Waals surface area contributed by atoms with Gasteiger partial charge in [-0.15, -0.1) is 0 Å². The third kappa shape index (κ3) is 3.29. The average Bonchev–Trinajstić information content (AvgIpc) is 2.98. The molecule has 2 rings (SSSR count). The highest BCUT2D eigenvalue weighted by atomic mass is 16.5. The van der Waals surface area contributed by atoms with Crippen molar-refractivity contribution in [2.24, 2.45) is 5.41 Å². The van der Waals surface area contributed by atoms with E-state index in [0.717, 1.165) is 18.0 Å². The predicted octanol–water partition coefficient (Wildman–Crippen LogP) is 3.27. The van der Waals surface area contributed by atoms with Crippen molar-refractivity contribution in [3.05, 3.63) is 18.2 Å². The largest absolute Gasteiger partial charge is 0.489 e. The fourth-order valence-corrected chi connectivity index (χ4v) is 1.71. The number of hydrogen-bond acceptors (Lipinski definition) is 3. The van der Waals surface area contributed by atoms with Crippen molar-refractivity contribution in [2.45, 2.75) is 39.7 Å². The first-order valence-corrected chi connectivity index (χ1v) is 6.29. The molecule has 0 aliphatic heterocycles. The van der Waals surface area contributed by atoms with Crippen LogP contribution in [-0.2, 0) is 0 Å². The van der Waals surface area contributed by atoms with Gasteiger partial charge in [-0.25, -0.2) is 0 Å². The number of nitrogens with two attached hydrogens (primary N) is 1.